The molecule has 8 nitrogen and oxygen atoms in total. The van der Waals surface area contributed by atoms with Gasteiger partial charge >= 0.3 is 0 Å². The Morgan fingerprint density at radius 2 is 1.89 bits per heavy atom. The van der Waals surface area contributed by atoms with Gasteiger partial charge in [-0.1, -0.05) is 30.3 Å². The molecule has 0 radical (unpaired) electrons. The summed E-state index contributed by atoms with van der Waals surface area (Å²) in [7, 11) is -1.83. The topological polar surface area (TPSA) is 85.9 Å². The number of sulfonamides is 1. The largest absolute Gasteiger partial charge is 0.339 e. The van der Waals surface area contributed by atoms with Crippen LogP contribution in [-0.2, 0) is 42.9 Å². The van der Waals surface area contributed by atoms with Crippen LogP contribution in [0.2, 0.25) is 0 Å². The summed E-state index contributed by atoms with van der Waals surface area (Å²) in [5, 5.41) is 4.67. The van der Waals surface area contributed by atoms with E-state index in [9.17, 15) is 8.42 Å². The normalized spacial score (nSPS) is 15.4. The van der Waals surface area contributed by atoms with E-state index in [2.05, 4.69) is 27.2 Å². The summed E-state index contributed by atoms with van der Waals surface area (Å²) in [5.74, 6) is 1.66. The second kappa shape index (κ2) is 7.24. The third kappa shape index (κ3) is 3.79. The van der Waals surface area contributed by atoms with Crippen molar-refractivity contribution in [3.05, 3.63) is 60.1 Å². The van der Waals surface area contributed by atoms with Crippen LogP contribution in [-0.4, -0.2) is 50.1 Å². The fraction of sp³-hybridized carbons (Fsp3) is 0.389. The molecule has 0 bridgehead atoms. The molecular weight excluding hydrogens is 364 g/mol. The SMILES string of the molecule is Cn1cnc(S(=O)(=O)N2CCc3nc(CCc4ccccc4)nn3CC2)c1. The summed E-state index contributed by atoms with van der Waals surface area (Å²) < 4.78 is 30.4. The third-order valence-electron chi connectivity index (χ3n) is 4.70. The first-order valence-corrected chi connectivity index (χ1v) is 10.4. The highest BCUT2D eigenvalue weighted by Gasteiger charge is 2.29. The van der Waals surface area contributed by atoms with Crippen molar-refractivity contribution < 1.29 is 8.42 Å². The highest BCUT2D eigenvalue weighted by atomic mass is 32.2. The minimum absolute atomic E-state index is 0.0843. The van der Waals surface area contributed by atoms with Crippen molar-refractivity contribution in [3.8, 4) is 0 Å². The molecule has 3 aromatic rings. The number of benzene rings is 1. The van der Waals surface area contributed by atoms with Gasteiger partial charge in [0, 0.05) is 39.2 Å². The van der Waals surface area contributed by atoms with E-state index in [-0.39, 0.29) is 5.03 Å². The number of fused-ring (bicyclic) bond motifs is 1. The van der Waals surface area contributed by atoms with Gasteiger partial charge in [0.05, 0.1) is 12.9 Å². The molecule has 27 heavy (non-hydrogen) atoms. The van der Waals surface area contributed by atoms with E-state index in [4.69, 9.17) is 0 Å². The quantitative estimate of drug-likeness (QED) is 0.654. The molecular formula is C18H22N6O2S. The van der Waals surface area contributed by atoms with E-state index >= 15 is 0 Å². The first-order chi connectivity index (χ1) is 13.0. The molecule has 1 aliphatic rings. The molecule has 0 N–H and O–H groups in total. The van der Waals surface area contributed by atoms with E-state index in [1.807, 2.05) is 22.9 Å². The Hall–Kier alpha value is -2.52. The maximum atomic E-state index is 12.8. The summed E-state index contributed by atoms with van der Waals surface area (Å²) in [6.45, 7) is 1.25. The first kappa shape index (κ1) is 17.9. The van der Waals surface area contributed by atoms with Crippen LogP contribution >= 0.6 is 0 Å². The standard InChI is InChI=1S/C18H22N6O2S/c1-22-13-18(19-14-22)27(25,26)23-10-9-17-20-16(21-24(17)12-11-23)8-7-15-5-3-2-4-6-15/h2-6,13-14H,7-12H2,1H3. The lowest BCUT2D eigenvalue weighted by atomic mass is 10.1. The van der Waals surface area contributed by atoms with Gasteiger partial charge in [0.2, 0.25) is 0 Å². The number of hydrogen-bond acceptors (Lipinski definition) is 5. The fourth-order valence-electron chi connectivity index (χ4n) is 3.23. The van der Waals surface area contributed by atoms with E-state index < -0.39 is 10.0 Å². The van der Waals surface area contributed by atoms with Crippen LogP contribution in [0.1, 0.15) is 17.2 Å². The van der Waals surface area contributed by atoms with Crippen LogP contribution in [0.15, 0.2) is 47.9 Å². The monoisotopic (exact) mass is 386 g/mol. The Morgan fingerprint density at radius 1 is 1.07 bits per heavy atom. The Bertz CT molecular complexity index is 1000. The van der Waals surface area contributed by atoms with E-state index in [0.29, 0.717) is 26.1 Å². The van der Waals surface area contributed by atoms with E-state index in [0.717, 1.165) is 24.5 Å². The van der Waals surface area contributed by atoms with Gasteiger partial charge in [-0.3, -0.25) is 0 Å². The van der Waals surface area contributed by atoms with Crippen molar-refractivity contribution in [2.45, 2.75) is 30.8 Å². The lowest BCUT2D eigenvalue weighted by molar-refractivity contribution is 0.406. The Kier molecular flexibility index (Phi) is 4.79. The Balaban J connectivity index is 1.43. The lowest BCUT2D eigenvalue weighted by Gasteiger charge is -2.17. The predicted octanol–water partition coefficient (Wildman–Crippen LogP) is 1.04. The molecule has 0 atom stereocenters. The summed E-state index contributed by atoms with van der Waals surface area (Å²) in [5.41, 5.74) is 1.26. The molecule has 0 saturated heterocycles. The highest BCUT2D eigenvalue weighted by molar-refractivity contribution is 7.89. The first-order valence-electron chi connectivity index (χ1n) is 8.97. The summed E-state index contributed by atoms with van der Waals surface area (Å²) in [6.07, 6.45) is 5.24. The number of aromatic nitrogens is 5. The average Bonchev–Trinajstić information content (AvgIpc) is 3.22. The van der Waals surface area contributed by atoms with Gasteiger partial charge in [-0.25, -0.2) is 23.1 Å². The van der Waals surface area contributed by atoms with Gasteiger partial charge in [-0.2, -0.15) is 9.40 Å². The minimum atomic E-state index is -3.58. The molecule has 0 amide bonds. The Morgan fingerprint density at radius 3 is 2.63 bits per heavy atom. The molecule has 9 heteroatoms. The molecule has 0 aliphatic carbocycles. The second-order valence-electron chi connectivity index (χ2n) is 6.68. The fourth-order valence-corrected chi connectivity index (χ4v) is 4.63. The highest BCUT2D eigenvalue weighted by Crippen LogP contribution is 2.17. The molecule has 1 aromatic carbocycles. The van der Waals surface area contributed by atoms with Crippen LogP contribution in [0.3, 0.4) is 0 Å². The molecule has 4 rings (SSSR count). The zero-order valence-electron chi connectivity index (χ0n) is 15.2. The summed E-state index contributed by atoms with van der Waals surface area (Å²) in [6, 6.07) is 10.3. The summed E-state index contributed by atoms with van der Waals surface area (Å²) >= 11 is 0. The molecule has 142 valence electrons. The predicted molar refractivity (Wildman–Crippen MR) is 99.5 cm³/mol. The molecule has 3 heterocycles. The van der Waals surface area contributed by atoms with Gasteiger partial charge in [0.25, 0.3) is 10.0 Å². The van der Waals surface area contributed by atoms with Gasteiger partial charge < -0.3 is 4.57 Å². The van der Waals surface area contributed by atoms with Crippen molar-refractivity contribution in [2.75, 3.05) is 13.1 Å². The third-order valence-corrected chi connectivity index (χ3v) is 6.49. The molecule has 0 unspecified atom stereocenters. The molecule has 2 aromatic heterocycles. The van der Waals surface area contributed by atoms with Crippen molar-refractivity contribution >= 4 is 10.0 Å². The van der Waals surface area contributed by atoms with Crippen LogP contribution in [0.4, 0.5) is 0 Å². The van der Waals surface area contributed by atoms with Crippen LogP contribution in [0.25, 0.3) is 0 Å². The number of aryl methyl sites for hydroxylation is 3. The Labute approximate surface area is 158 Å². The maximum absolute atomic E-state index is 12.8. The minimum Gasteiger partial charge on any atom is -0.339 e. The smallest absolute Gasteiger partial charge is 0.262 e. The van der Waals surface area contributed by atoms with Crippen molar-refractivity contribution in [1.29, 1.82) is 0 Å². The van der Waals surface area contributed by atoms with Crippen molar-refractivity contribution in [3.63, 3.8) is 0 Å². The number of rotatable bonds is 5. The number of hydrogen-bond donors (Lipinski definition) is 0. The van der Waals surface area contributed by atoms with E-state index in [1.165, 1.54) is 22.4 Å². The van der Waals surface area contributed by atoms with Gasteiger partial charge in [0.1, 0.15) is 5.82 Å². The average molecular weight is 386 g/mol. The second-order valence-corrected chi connectivity index (χ2v) is 8.57. The van der Waals surface area contributed by atoms with Crippen molar-refractivity contribution in [1.82, 2.24) is 28.6 Å². The van der Waals surface area contributed by atoms with Crippen LogP contribution < -0.4 is 0 Å². The van der Waals surface area contributed by atoms with Crippen LogP contribution in [0.5, 0.6) is 0 Å². The zero-order chi connectivity index (χ0) is 18.9. The van der Waals surface area contributed by atoms with Gasteiger partial charge in [0.15, 0.2) is 10.9 Å². The molecule has 0 saturated carbocycles. The van der Waals surface area contributed by atoms with Crippen LogP contribution in [0, 0.1) is 0 Å². The van der Waals surface area contributed by atoms with Gasteiger partial charge in [-0.05, 0) is 12.0 Å². The zero-order valence-corrected chi connectivity index (χ0v) is 16.0. The van der Waals surface area contributed by atoms with Crippen molar-refractivity contribution in [2.24, 2.45) is 7.05 Å². The lowest BCUT2D eigenvalue weighted by Crippen LogP contribution is -2.34. The molecule has 0 spiro atoms. The molecule has 1 aliphatic heterocycles. The summed E-state index contributed by atoms with van der Waals surface area (Å²) in [4.78, 5) is 8.62. The van der Waals surface area contributed by atoms with E-state index in [1.54, 1.807) is 11.6 Å². The maximum Gasteiger partial charge on any atom is 0.262 e. The molecule has 0 fully saturated rings. The van der Waals surface area contributed by atoms with Gasteiger partial charge in [-0.15, -0.1) is 0 Å². The number of nitrogens with zero attached hydrogens (tertiary/aromatic N) is 6. The number of imidazole rings is 1.